The summed E-state index contributed by atoms with van der Waals surface area (Å²) in [6, 6.07) is 0. The fourth-order valence-electron chi connectivity index (χ4n) is 1.75. The van der Waals surface area contributed by atoms with Gasteiger partial charge in [0.1, 0.15) is 36.6 Å². The van der Waals surface area contributed by atoms with E-state index in [0.29, 0.717) is 0 Å². The normalized spacial score (nSPS) is 44.7. The molecule has 1 saturated heterocycles. The first kappa shape index (κ1) is 15.7. The molecule has 1 heterocycles. The minimum absolute atomic E-state index is 0.843. The van der Waals surface area contributed by atoms with E-state index in [0.717, 1.165) is 0 Å². The lowest BCUT2D eigenvalue weighted by molar-refractivity contribution is -0.368. The van der Waals surface area contributed by atoms with E-state index >= 15 is 0 Å². The Kier molecular flexibility index (Phi) is 5.00. The van der Waals surface area contributed by atoms with Crippen LogP contribution >= 0.6 is 0 Å². The second-order valence-electron chi connectivity index (χ2n) is 4.25. The molecular weight excluding hydrogens is 252 g/mol. The van der Waals surface area contributed by atoms with Crippen molar-refractivity contribution in [3.8, 4) is 0 Å². The molecule has 0 amide bonds. The number of aliphatic hydroxyl groups excluding tert-OH is 7. The Morgan fingerprint density at radius 1 is 1.06 bits per heavy atom. The minimum atomic E-state index is -2.58. The summed E-state index contributed by atoms with van der Waals surface area (Å²) < 4.78 is 4.73. The van der Waals surface area contributed by atoms with Gasteiger partial charge >= 0.3 is 0 Å². The molecule has 9 heteroatoms. The van der Waals surface area contributed by atoms with Crippen molar-refractivity contribution in [1.29, 1.82) is 0 Å². The number of aliphatic hydroxyl groups is 8. The van der Waals surface area contributed by atoms with Crippen molar-refractivity contribution in [3.63, 3.8) is 0 Å². The SMILES string of the molecule is OCC(O)C(O)C1OC(O)(CO)C(O)C(O)C1O. The number of ether oxygens (including phenoxy) is 1. The molecule has 1 fully saturated rings. The van der Waals surface area contributed by atoms with E-state index in [2.05, 4.69) is 0 Å². The van der Waals surface area contributed by atoms with E-state index in [1.807, 2.05) is 0 Å². The lowest BCUT2D eigenvalue weighted by Gasteiger charge is -2.46. The van der Waals surface area contributed by atoms with E-state index in [1.165, 1.54) is 0 Å². The zero-order chi connectivity index (χ0) is 14.1. The van der Waals surface area contributed by atoms with E-state index in [1.54, 1.807) is 0 Å². The van der Waals surface area contributed by atoms with Gasteiger partial charge in [-0.3, -0.25) is 0 Å². The molecule has 108 valence electrons. The van der Waals surface area contributed by atoms with E-state index in [-0.39, 0.29) is 0 Å². The average molecular weight is 270 g/mol. The lowest BCUT2D eigenvalue weighted by Crippen LogP contribution is -2.69. The first-order valence-corrected chi connectivity index (χ1v) is 5.30. The maximum Gasteiger partial charge on any atom is 0.219 e. The smallest absolute Gasteiger partial charge is 0.219 e. The molecule has 0 saturated carbocycles. The first-order valence-electron chi connectivity index (χ1n) is 5.30. The van der Waals surface area contributed by atoms with Gasteiger partial charge in [-0.05, 0) is 0 Å². The van der Waals surface area contributed by atoms with Crippen molar-refractivity contribution >= 4 is 0 Å². The predicted octanol–water partition coefficient (Wildman–Crippen LogP) is -5.14. The maximum absolute atomic E-state index is 9.66. The van der Waals surface area contributed by atoms with Crippen LogP contribution in [0.4, 0.5) is 0 Å². The van der Waals surface area contributed by atoms with Crippen LogP contribution in [0.3, 0.4) is 0 Å². The molecule has 1 aliphatic heterocycles. The van der Waals surface area contributed by atoms with Gasteiger partial charge in [0.15, 0.2) is 0 Å². The first-order chi connectivity index (χ1) is 8.28. The van der Waals surface area contributed by atoms with Crippen molar-refractivity contribution in [2.24, 2.45) is 0 Å². The van der Waals surface area contributed by atoms with Gasteiger partial charge in [-0.2, -0.15) is 0 Å². The Morgan fingerprint density at radius 2 is 1.61 bits per heavy atom. The van der Waals surface area contributed by atoms with Crippen molar-refractivity contribution < 1.29 is 45.6 Å². The van der Waals surface area contributed by atoms with Crippen LogP contribution in [0, 0.1) is 0 Å². The summed E-state index contributed by atoms with van der Waals surface area (Å²) in [5.41, 5.74) is 0. The van der Waals surface area contributed by atoms with Crippen molar-refractivity contribution in [1.82, 2.24) is 0 Å². The van der Waals surface area contributed by atoms with Gasteiger partial charge in [-0.1, -0.05) is 0 Å². The summed E-state index contributed by atoms with van der Waals surface area (Å²) >= 11 is 0. The Balaban J connectivity index is 2.92. The van der Waals surface area contributed by atoms with Gasteiger partial charge in [0.2, 0.25) is 5.79 Å². The van der Waals surface area contributed by atoms with Crippen LogP contribution in [-0.4, -0.2) is 96.5 Å². The number of hydrogen-bond donors (Lipinski definition) is 8. The van der Waals surface area contributed by atoms with Gasteiger partial charge in [-0.15, -0.1) is 0 Å². The van der Waals surface area contributed by atoms with Crippen molar-refractivity contribution in [2.75, 3.05) is 13.2 Å². The van der Waals surface area contributed by atoms with Crippen molar-refractivity contribution in [2.45, 2.75) is 42.4 Å². The molecule has 1 rings (SSSR count). The molecule has 18 heavy (non-hydrogen) atoms. The summed E-state index contributed by atoms with van der Waals surface area (Å²) in [6.07, 6.45) is -10.9. The molecule has 7 unspecified atom stereocenters. The molecule has 0 aromatic heterocycles. The second kappa shape index (κ2) is 5.74. The number of hydrogen-bond acceptors (Lipinski definition) is 9. The third kappa shape index (κ3) is 2.64. The zero-order valence-electron chi connectivity index (χ0n) is 9.36. The predicted molar refractivity (Wildman–Crippen MR) is 54.0 cm³/mol. The molecule has 7 atom stereocenters. The molecule has 9 nitrogen and oxygen atoms in total. The fourth-order valence-corrected chi connectivity index (χ4v) is 1.75. The Morgan fingerprint density at radius 3 is 2.06 bits per heavy atom. The van der Waals surface area contributed by atoms with Crippen LogP contribution in [0.1, 0.15) is 0 Å². The summed E-state index contributed by atoms with van der Waals surface area (Å²) in [4.78, 5) is 0. The fraction of sp³-hybridized carbons (Fsp3) is 1.00. The molecule has 0 bridgehead atoms. The van der Waals surface area contributed by atoms with Crippen LogP contribution in [-0.2, 0) is 4.74 Å². The minimum Gasteiger partial charge on any atom is -0.394 e. The third-order valence-electron chi connectivity index (χ3n) is 2.96. The molecule has 0 radical (unpaired) electrons. The molecule has 1 aliphatic rings. The molecule has 0 aromatic rings. The van der Waals surface area contributed by atoms with Gasteiger partial charge in [0, 0.05) is 0 Å². The Hall–Kier alpha value is -0.360. The van der Waals surface area contributed by atoms with Crippen LogP contribution in [0.15, 0.2) is 0 Å². The van der Waals surface area contributed by atoms with Gasteiger partial charge in [-0.25, -0.2) is 0 Å². The Bertz CT molecular complexity index is 271. The summed E-state index contributed by atoms with van der Waals surface area (Å²) in [7, 11) is 0. The highest BCUT2D eigenvalue weighted by molar-refractivity contribution is 4.99. The van der Waals surface area contributed by atoms with Crippen LogP contribution < -0.4 is 0 Å². The highest BCUT2D eigenvalue weighted by Gasteiger charge is 2.54. The topological polar surface area (TPSA) is 171 Å². The largest absolute Gasteiger partial charge is 0.394 e. The van der Waals surface area contributed by atoms with Crippen molar-refractivity contribution in [3.05, 3.63) is 0 Å². The number of rotatable bonds is 4. The maximum atomic E-state index is 9.66. The molecule has 0 aliphatic carbocycles. The van der Waals surface area contributed by atoms with Crippen LogP contribution in [0.5, 0.6) is 0 Å². The van der Waals surface area contributed by atoms with Gasteiger partial charge in [0.25, 0.3) is 0 Å². The van der Waals surface area contributed by atoms with Crippen LogP contribution in [0.2, 0.25) is 0 Å². The zero-order valence-corrected chi connectivity index (χ0v) is 9.36. The molecule has 0 spiro atoms. The summed E-state index contributed by atoms with van der Waals surface area (Å²) in [5, 5.41) is 74.5. The molecule has 0 aromatic carbocycles. The van der Waals surface area contributed by atoms with E-state index < -0.39 is 55.6 Å². The molecule has 8 N–H and O–H groups in total. The van der Waals surface area contributed by atoms with E-state index in [9.17, 15) is 30.6 Å². The monoisotopic (exact) mass is 270 g/mol. The van der Waals surface area contributed by atoms with E-state index in [4.69, 9.17) is 14.9 Å². The average Bonchev–Trinajstić information content (AvgIpc) is 2.38. The highest BCUT2D eigenvalue weighted by Crippen LogP contribution is 2.30. The van der Waals surface area contributed by atoms with Crippen LogP contribution in [0.25, 0.3) is 0 Å². The van der Waals surface area contributed by atoms with Gasteiger partial charge < -0.3 is 45.6 Å². The standard InChI is InChI=1S/C9H18O9/c10-1-3(12)4(13)7-5(14)6(15)8(16)9(17,2-11)18-7/h3-8,10-17H,1-2H2. The third-order valence-corrected chi connectivity index (χ3v) is 2.96. The summed E-state index contributed by atoms with van der Waals surface area (Å²) in [5.74, 6) is -2.58. The Labute approximate surface area is 102 Å². The summed E-state index contributed by atoms with van der Waals surface area (Å²) in [6.45, 7) is -1.94. The highest BCUT2D eigenvalue weighted by atomic mass is 16.7. The molecular formula is C9H18O9. The lowest BCUT2D eigenvalue weighted by atomic mass is 9.89. The van der Waals surface area contributed by atoms with Gasteiger partial charge in [0.05, 0.1) is 13.2 Å². The second-order valence-corrected chi connectivity index (χ2v) is 4.25. The quantitative estimate of drug-likeness (QED) is 0.249.